The second-order valence-electron chi connectivity index (χ2n) is 8.53. The first-order chi connectivity index (χ1) is 13.1. The molecule has 1 aromatic heterocycles. The van der Waals surface area contributed by atoms with Gasteiger partial charge < -0.3 is 9.30 Å². The molecule has 28 heavy (non-hydrogen) atoms. The fourth-order valence-corrected chi connectivity index (χ4v) is 3.83. The predicted octanol–water partition coefficient (Wildman–Crippen LogP) is 3.40. The molecule has 1 aliphatic carbocycles. The number of hydrogen-bond donors (Lipinski definition) is 0. The Morgan fingerprint density at radius 2 is 1.96 bits per heavy atom. The highest BCUT2D eigenvalue weighted by Crippen LogP contribution is 2.45. The molecule has 0 fully saturated rings. The Morgan fingerprint density at radius 1 is 1.29 bits per heavy atom. The van der Waals surface area contributed by atoms with E-state index in [4.69, 9.17) is 4.74 Å². The summed E-state index contributed by atoms with van der Waals surface area (Å²) in [6, 6.07) is 7.22. The van der Waals surface area contributed by atoms with Crippen LogP contribution in [0.4, 0.5) is 0 Å². The van der Waals surface area contributed by atoms with Crippen molar-refractivity contribution < 1.29 is 19.1 Å². The van der Waals surface area contributed by atoms with Gasteiger partial charge in [0.1, 0.15) is 11.0 Å². The number of ketones is 2. The molecule has 0 unspecified atom stereocenters. The van der Waals surface area contributed by atoms with E-state index in [9.17, 15) is 14.4 Å². The molecule has 6 heteroatoms. The van der Waals surface area contributed by atoms with Crippen LogP contribution in [0.5, 0.6) is 0 Å². The Labute approximate surface area is 164 Å². The average molecular weight is 382 g/mol. The number of rotatable bonds is 5. The molecule has 0 aliphatic heterocycles. The van der Waals surface area contributed by atoms with Gasteiger partial charge in [0, 0.05) is 31.4 Å². The fraction of sp³-hybridized carbons (Fsp3) is 0.455. The Hall–Kier alpha value is -2.76. The average Bonchev–Trinajstić information content (AvgIpc) is 3.16. The number of imidazole rings is 1. The minimum atomic E-state index is -1.40. The van der Waals surface area contributed by atoms with Crippen molar-refractivity contribution in [3.05, 3.63) is 53.6 Å². The highest BCUT2D eigenvalue weighted by molar-refractivity contribution is 6.16. The molecule has 1 heterocycles. The number of benzene rings is 1. The Bertz CT molecular complexity index is 938. The summed E-state index contributed by atoms with van der Waals surface area (Å²) in [7, 11) is 1.74. The zero-order valence-corrected chi connectivity index (χ0v) is 17.0. The highest BCUT2D eigenvalue weighted by Gasteiger charge is 2.57. The molecule has 0 radical (unpaired) electrons. The number of carbonyl (C=O) groups excluding carboxylic acids is 3. The standard InChI is InChI=1S/C22H26N2O4/c1-14(12-17(25)19-23-10-11-24(19)5)22(20(27)28-21(2,3)4)13-15-8-6-7-9-16(15)18(22)26/h6-11,14H,12-13H2,1-5H3/t14-,22-/m1/s1. The molecule has 0 bridgehead atoms. The van der Waals surface area contributed by atoms with Crippen LogP contribution in [0.25, 0.3) is 0 Å². The van der Waals surface area contributed by atoms with Crippen molar-refractivity contribution in [1.29, 1.82) is 0 Å². The fourth-order valence-electron chi connectivity index (χ4n) is 3.83. The number of ether oxygens (including phenoxy) is 1. The normalized spacial score (nSPS) is 20.0. The van der Waals surface area contributed by atoms with Crippen LogP contribution in [0.1, 0.15) is 60.7 Å². The molecule has 1 aromatic carbocycles. The number of nitrogens with zero attached hydrogens (tertiary/aromatic N) is 2. The van der Waals surface area contributed by atoms with Crippen molar-refractivity contribution in [2.75, 3.05) is 0 Å². The van der Waals surface area contributed by atoms with Crippen LogP contribution in [0.3, 0.4) is 0 Å². The maximum atomic E-state index is 13.4. The van der Waals surface area contributed by atoms with Gasteiger partial charge in [-0.2, -0.15) is 0 Å². The molecule has 0 amide bonds. The van der Waals surface area contributed by atoms with Crippen LogP contribution in [-0.2, 0) is 23.0 Å². The van der Waals surface area contributed by atoms with Crippen molar-refractivity contribution in [1.82, 2.24) is 9.55 Å². The van der Waals surface area contributed by atoms with Gasteiger partial charge in [0.15, 0.2) is 17.4 Å². The number of carbonyl (C=O) groups is 3. The molecule has 0 N–H and O–H groups in total. The number of esters is 1. The lowest BCUT2D eigenvalue weighted by Gasteiger charge is -2.34. The van der Waals surface area contributed by atoms with Gasteiger partial charge in [-0.15, -0.1) is 0 Å². The Balaban J connectivity index is 1.98. The van der Waals surface area contributed by atoms with Crippen molar-refractivity contribution in [3.8, 4) is 0 Å². The second-order valence-corrected chi connectivity index (χ2v) is 8.53. The van der Waals surface area contributed by atoms with Crippen LogP contribution in [0, 0.1) is 11.3 Å². The molecular weight excluding hydrogens is 356 g/mol. The third kappa shape index (κ3) is 3.39. The molecule has 148 valence electrons. The lowest BCUT2D eigenvalue weighted by molar-refractivity contribution is -0.166. The molecule has 2 atom stereocenters. The van der Waals surface area contributed by atoms with Gasteiger partial charge in [0.05, 0.1) is 0 Å². The quantitative estimate of drug-likeness (QED) is 0.450. The summed E-state index contributed by atoms with van der Waals surface area (Å²) < 4.78 is 7.29. The first-order valence-electron chi connectivity index (χ1n) is 9.43. The highest BCUT2D eigenvalue weighted by atomic mass is 16.6. The maximum Gasteiger partial charge on any atom is 0.321 e. The van der Waals surface area contributed by atoms with Gasteiger partial charge in [-0.3, -0.25) is 14.4 Å². The van der Waals surface area contributed by atoms with E-state index >= 15 is 0 Å². The lowest BCUT2D eigenvalue weighted by atomic mass is 9.70. The Morgan fingerprint density at radius 3 is 2.54 bits per heavy atom. The summed E-state index contributed by atoms with van der Waals surface area (Å²) in [4.78, 5) is 43.5. The summed E-state index contributed by atoms with van der Waals surface area (Å²) in [5.41, 5.74) is -0.792. The van der Waals surface area contributed by atoms with E-state index in [0.717, 1.165) is 5.56 Å². The third-order valence-electron chi connectivity index (χ3n) is 5.30. The topological polar surface area (TPSA) is 78.3 Å². The number of aryl methyl sites for hydroxylation is 1. The number of fused-ring (bicyclic) bond motifs is 1. The largest absolute Gasteiger partial charge is 0.459 e. The number of Topliss-reactive ketones (excluding diaryl/α,β-unsaturated/α-hetero) is 2. The molecule has 3 rings (SSSR count). The van der Waals surface area contributed by atoms with Crippen LogP contribution < -0.4 is 0 Å². The van der Waals surface area contributed by atoms with Gasteiger partial charge >= 0.3 is 5.97 Å². The second kappa shape index (κ2) is 7.00. The third-order valence-corrected chi connectivity index (χ3v) is 5.30. The number of hydrogen-bond acceptors (Lipinski definition) is 5. The Kier molecular flexibility index (Phi) is 5.00. The molecule has 1 aliphatic rings. The smallest absolute Gasteiger partial charge is 0.321 e. The van der Waals surface area contributed by atoms with E-state index in [1.165, 1.54) is 0 Å². The zero-order chi connectivity index (χ0) is 20.7. The van der Waals surface area contributed by atoms with Crippen LogP contribution >= 0.6 is 0 Å². The molecular formula is C22H26N2O4. The molecule has 6 nitrogen and oxygen atoms in total. The van der Waals surface area contributed by atoms with E-state index in [1.807, 2.05) is 12.1 Å². The van der Waals surface area contributed by atoms with Crippen LogP contribution in [-0.4, -0.2) is 32.7 Å². The molecule has 0 spiro atoms. The summed E-state index contributed by atoms with van der Waals surface area (Å²) >= 11 is 0. The minimum absolute atomic E-state index is 0.0316. The van der Waals surface area contributed by atoms with E-state index in [0.29, 0.717) is 11.4 Å². The summed E-state index contributed by atoms with van der Waals surface area (Å²) in [6.45, 7) is 7.09. The summed E-state index contributed by atoms with van der Waals surface area (Å²) in [5.74, 6) is -1.26. The predicted molar refractivity (Wildman–Crippen MR) is 104 cm³/mol. The van der Waals surface area contributed by atoms with E-state index in [-0.39, 0.29) is 24.4 Å². The molecule has 0 saturated heterocycles. The van der Waals surface area contributed by atoms with Gasteiger partial charge in [0.25, 0.3) is 0 Å². The maximum absolute atomic E-state index is 13.4. The van der Waals surface area contributed by atoms with Crippen molar-refractivity contribution >= 4 is 17.5 Å². The van der Waals surface area contributed by atoms with Crippen LogP contribution in [0.2, 0.25) is 0 Å². The van der Waals surface area contributed by atoms with E-state index in [1.54, 1.807) is 63.8 Å². The van der Waals surface area contributed by atoms with Crippen LogP contribution in [0.15, 0.2) is 36.7 Å². The first-order valence-corrected chi connectivity index (χ1v) is 9.43. The summed E-state index contributed by atoms with van der Waals surface area (Å²) in [5, 5.41) is 0. The van der Waals surface area contributed by atoms with Gasteiger partial charge in [-0.1, -0.05) is 31.2 Å². The van der Waals surface area contributed by atoms with E-state index in [2.05, 4.69) is 4.98 Å². The van der Waals surface area contributed by atoms with Crippen molar-refractivity contribution in [2.45, 2.75) is 46.1 Å². The summed E-state index contributed by atoms with van der Waals surface area (Å²) in [6.07, 6.45) is 3.52. The van der Waals surface area contributed by atoms with Crippen molar-refractivity contribution in [3.63, 3.8) is 0 Å². The van der Waals surface area contributed by atoms with Gasteiger partial charge in [-0.05, 0) is 38.7 Å². The minimum Gasteiger partial charge on any atom is -0.459 e. The van der Waals surface area contributed by atoms with Gasteiger partial charge in [0.2, 0.25) is 0 Å². The van der Waals surface area contributed by atoms with E-state index < -0.39 is 22.9 Å². The SMILES string of the molecule is C[C@H](CC(=O)c1nccn1C)[C@]1(C(=O)OC(C)(C)C)Cc2ccccc2C1=O. The van der Waals surface area contributed by atoms with Gasteiger partial charge in [-0.25, -0.2) is 4.98 Å². The molecule has 0 saturated carbocycles. The van der Waals surface area contributed by atoms with Crippen molar-refractivity contribution in [2.24, 2.45) is 18.4 Å². The zero-order valence-electron chi connectivity index (χ0n) is 17.0. The first kappa shape index (κ1) is 20.0. The lowest BCUT2D eigenvalue weighted by Crippen LogP contribution is -2.47. The number of aromatic nitrogens is 2. The molecule has 2 aromatic rings. The monoisotopic (exact) mass is 382 g/mol.